The minimum absolute atomic E-state index is 0.121. The Bertz CT molecular complexity index is 747. The van der Waals surface area contributed by atoms with Crippen LogP contribution in [0.4, 0.5) is 9.18 Å². The number of hydrogen-bond donors (Lipinski definition) is 1. The van der Waals surface area contributed by atoms with Gasteiger partial charge in [0, 0.05) is 51.4 Å². The van der Waals surface area contributed by atoms with Crippen LogP contribution in [-0.4, -0.2) is 74.3 Å². The molecule has 1 aromatic carbocycles. The van der Waals surface area contributed by atoms with Gasteiger partial charge in [0.2, 0.25) is 5.91 Å². The van der Waals surface area contributed by atoms with Gasteiger partial charge in [-0.15, -0.1) is 0 Å². The summed E-state index contributed by atoms with van der Waals surface area (Å²) in [6.45, 7) is 4.78. The van der Waals surface area contributed by atoms with E-state index in [0.29, 0.717) is 58.2 Å². The van der Waals surface area contributed by atoms with Crippen LogP contribution in [0, 0.1) is 17.2 Å². The molecule has 1 N–H and O–H groups in total. The fourth-order valence-corrected chi connectivity index (χ4v) is 4.69. The number of carbonyl (C=O) groups excluding carboxylic acids is 2. The summed E-state index contributed by atoms with van der Waals surface area (Å²) in [5, 5.41) is 2.87. The van der Waals surface area contributed by atoms with Gasteiger partial charge in [0.05, 0.1) is 19.1 Å². The molecule has 1 spiro atoms. The number of benzene rings is 1. The number of morpholine rings is 1. The van der Waals surface area contributed by atoms with Crippen molar-refractivity contribution in [2.45, 2.75) is 19.4 Å². The molecule has 3 heterocycles. The van der Waals surface area contributed by atoms with E-state index in [9.17, 15) is 14.0 Å². The molecule has 0 unspecified atom stereocenters. The van der Waals surface area contributed by atoms with Crippen LogP contribution in [0.3, 0.4) is 0 Å². The van der Waals surface area contributed by atoms with Crippen molar-refractivity contribution in [2.24, 2.45) is 11.3 Å². The van der Waals surface area contributed by atoms with Gasteiger partial charge in [0.15, 0.2) is 0 Å². The largest absolute Gasteiger partial charge is 0.381 e. The molecule has 0 bridgehead atoms. The molecule has 1 atom stereocenters. The number of ether oxygens (including phenoxy) is 2. The zero-order chi connectivity index (χ0) is 20.3. The first-order chi connectivity index (χ1) is 14.1. The second kappa shape index (κ2) is 8.67. The second-order valence-corrected chi connectivity index (χ2v) is 8.13. The van der Waals surface area contributed by atoms with Crippen molar-refractivity contribution in [3.8, 4) is 0 Å². The summed E-state index contributed by atoms with van der Waals surface area (Å²) in [6, 6.07) is 5.98. The molecule has 3 aliphatic rings. The minimum atomic E-state index is -0.324. The van der Waals surface area contributed by atoms with Crippen LogP contribution in [0.5, 0.6) is 0 Å². The summed E-state index contributed by atoms with van der Waals surface area (Å²) in [6.07, 6.45) is 1.56. The van der Waals surface area contributed by atoms with Crippen LogP contribution in [0.25, 0.3) is 0 Å². The predicted octanol–water partition coefficient (Wildman–Crippen LogP) is 1.62. The third-order valence-electron chi connectivity index (χ3n) is 6.38. The summed E-state index contributed by atoms with van der Waals surface area (Å²) in [4.78, 5) is 29.7. The first-order valence-corrected chi connectivity index (χ1v) is 10.3. The lowest BCUT2D eigenvalue weighted by molar-refractivity contribution is -0.144. The number of rotatable bonds is 3. The standard InChI is InChI=1S/C21H28FN3O4/c22-17-3-1-2-16(12-17)13-23-20(27)25-14-18(19(26)24-6-10-29-11-7-24)21(15-25)4-8-28-9-5-21/h1-3,12,18H,4-11,13-15H2,(H,23,27)/t18-/m0/s1. The van der Waals surface area contributed by atoms with Crippen molar-refractivity contribution >= 4 is 11.9 Å². The van der Waals surface area contributed by atoms with Gasteiger partial charge in [-0.25, -0.2) is 9.18 Å². The second-order valence-electron chi connectivity index (χ2n) is 8.13. The first kappa shape index (κ1) is 20.1. The maximum atomic E-state index is 13.4. The van der Waals surface area contributed by atoms with Crippen LogP contribution in [0.1, 0.15) is 18.4 Å². The van der Waals surface area contributed by atoms with Crippen molar-refractivity contribution in [1.29, 1.82) is 0 Å². The average molecular weight is 405 g/mol. The van der Waals surface area contributed by atoms with E-state index in [1.54, 1.807) is 17.0 Å². The van der Waals surface area contributed by atoms with Gasteiger partial charge in [-0.3, -0.25) is 4.79 Å². The van der Waals surface area contributed by atoms with Gasteiger partial charge in [0.25, 0.3) is 0 Å². The Morgan fingerprint density at radius 1 is 1.10 bits per heavy atom. The normalized spacial score (nSPS) is 24.0. The van der Waals surface area contributed by atoms with Crippen LogP contribution in [-0.2, 0) is 20.8 Å². The topological polar surface area (TPSA) is 71.1 Å². The Hall–Kier alpha value is -2.19. The van der Waals surface area contributed by atoms with Gasteiger partial charge in [-0.2, -0.15) is 0 Å². The van der Waals surface area contributed by atoms with Crippen molar-refractivity contribution in [3.05, 3.63) is 35.6 Å². The highest BCUT2D eigenvalue weighted by atomic mass is 19.1. The molecule has 3 aliphatic heterocycles. The van der Waals surface area contributed by atoms with Crippen molar-refractivity contribution < 1.29 is 23.5 Å². The highest BCUT2D eigenvalue weighted by Gasteiger charge is 2.52. The predicted molar refractivity (Wildman–Crippen MR) is 104 cm³/mol. The Kier molecular flexibility index (Phi) is 6.01. The lowest BCUT2D eigenvalue weighted by atomic mass is 9.71. The zero-order valence-corrected chi connectivity index (χ0v) is 16.6. The molecule has 0 saturated carbocycles. The molecule has 29 heavy (non-hydrogen) atoms. The van der Waals surface area contributed by atoms with E-state index in [1.165, 1.54) is 12.1 Å². The average Bonchev–Trinajstić information content (AvgIpc) is 3.11. The van der Waals surface area contributed by atoms with Crippen molar-refractivity contribution in [1.82, 2.24) is 15.1 Å². The summed E-state index contributed by atoms with van der Waals surface area (Å²) >= 11 is 0. The van der Waals surface area contributed by atoms with Gasteiger partial charge >= 0.3 is 6.03 Å². The van der Waals surface area contributed by atoms with Gasteiger partial charge in [-0.05, 0) is 30.5 Å². The molecule has 3 fully saturated rings. The number of carbonyl (C=O) groups is 2. The number of hydrogen-bond acceptors (Lipinski definition) is 4. The molecule has 4 rings (SSSR count). The van der Waals surface area contributed by atoms with Crippen molar-refractivity contribution in [2.75, 3.05) is 52.6 Å². The third-order valence-corrected chi connectivity index (χ3v) is 6.38. The van der Waals surface area contributed by atoms with E-state index in [2.05, 4.69) is 5.32 Å². The summed E-state index contributed by atoms with van der Waals surface area (Å²) in [7, 11) is 0. The molecular weight excluding hydrogens is 377 g/mol. The molecule has 0 aliphatic carbocycles. The maximum absolute atomic E-state index is 13.4. The van der Waals surface area contributed by atoms with Crippen LogP contribution in [0.15, 0.2) is 24.3 Å². The molecule has 3 amide bonds. The Morgan fingerprint density at radius 2 is 1.83 bits per heavy atom. The minimum Gasteiger partial charge on any atom is -0.381 e. The SMILES string of the molecule is O=C(NCc1cccc(F)c1)N1C[C@@H](C(=O)N2CCOCC2)C2(CCOCC2)C1. The molecule has 8 heteroatoms. The lowest BCUT2D eigenvalue weighted by Gasteiger charge is -2.39. The van der Waals surface area contributed by atoms with Crippen LogP contribution >= 0.6 is 0 Å². The van der Waals surface area contributed by atoms with Crippen molar-refractivity contribution in [3.63, 3.8) is 0 Å². The maximum Gasteiger partial charge on any atom is 0.317 e. The van der Waals surface area contributed by atoms with Gasteiger partial charge in [0.1, 0.15) is 5.82 Å². The van der Waals surface area contributed by atoms with Crippen LogP contribution in [0.2, 0.25) is 0 Å². The third kappa shape index (κ3) is 4.38. The number of likely N-dealkylation sites (tertiary alicyclic amines) is 1. The first-order valence-electron chi connectivity index (χ1n) is 10.3. The monoisotopic (exact) mass is 405 g/mol. The molecule has 1 aromatic rings. The Morgan fingerprint density at radius 3 is 2.55 bits per heavy atom. The summed E-state index contributed by atoms with van der Waals surface area (Å²) in [5.41, 5.74) is 0.475. The van der Waals surface area contributed by atoms with E-state index in [-0.39, 0.29) is 35.6 Å². The van der Waals surface area contributed by atoms with E-state index < -0.39 is 0 Å². The molecular formula is C21H28FN3O4. The number of nitrogens with zero attached hydrogens (tertiary/aromatic N) is 2. The summed E-state index contributed by atoms with van der Waals surface area (Å²) < 4.78 is 24.3. The van der Waals surface area contributed by atoms with Gasteiger partial charge < -0.3 is 24.6 Å². The molecule has 158 valence electrons. The number of amides is 3. The number of halogens is 1. The highest BCUT2D eigenvalue weighted by molar-refractivity contribution is 5.83. The Labute approximate surface area is 170 Å². The van der Waals surface area contributed by atoms with Gasteiger partial charge in [-0.1, -0.05) is 12.1 Å². The lowest BCUT2D eigenvalue weighted by Crippen LogP contribution is -2.49. The number of urea groups is 1. The van der Waals surface area contributed by atoms with E-state index >= 15 is 0 Å². The smallest absolute Gasteiger partial charge is 0.317 e. The number of nitrogens with one attached hydrogen (secondary N) is 1. The van der Waals surface area contributed by atoms with E-state index in [0.717, 1.165) is 12.8 Å². The molecule has 0 aromatic heterocycles. The summed E-state index contributed by atoms with van der Waals surface area (Å²) in [5.74, 6) is -0.421. The zero-order valence-electron chi connectivity index (χ0n) is 16.6. The fraction of sp³-hybridized carbons (Fsp3) is 0.619. The quantitative estimate of drug-likeness (QED) is 0.830. The highest BCUT2D eigenvalue weighted by Crippen LogP contribution is 2.45. The molecule has 7 nitrogen and oxygen atoms in total. The fourth-order valence-electron chi connectivity index (χ4n) is 4.69. The van der Waals surface area contributed by atoms with Crippen LogP contribution < -0.4 is 5.32 Å². The van der Waals surface area contributed by atoms with E-state index in [4.69, 9.17) is 9.47 Å². The molecule has 3 saturated heterocycles. The molecule has 0 radical (unpaired) electrons. The Balaban J connectivity index is 1.44. The van der Waals surface area contributed by atoms with E-state index in [1.807, 2.05) is 4.90 Å².